The van der Waals surface area contributed by atoms with Gasteiger partial charge in [0.1, 0.15) is 18.7 Å². The lowest BCUT2D eigenvalue weighted by atomic mass is 9.69. The molecule has 2 N–H and O–H groups in total. The van der Waals surface area contributed by atoms with Crippen LogP contribution in [0.1, 0.15) is 56.0 Å². The summed E-state index contributed by atoms with van der Waals surface area (Å²) in [5.41, 5.74) is 2.98. The second-order valence-corrected chi connectivity index (χ2v) is 7.56. The van der Waals surface area contributed by atoms with E-state index in [1.807, 2.05) is 7.05 Å². The fraction of sp³-hybridized carbons (Fsp3) is 0.571. The van der Waals surface area contributed by atoms with Crippen LogP contribution in [0.2, 0.25) is 0 Å². The van der Waals surface area contributed by atoms with Crippen molar-refractivity contribution in [3.63, 3.8) is 0 Å². The van der Waals surface area contributed by atoms with Gasteiger partial charge >= 0.3 is 0 Å². The maximum absolute atomic E-state index is 4.71. The van der Waals surface area contributed by atoms with Gasteiger partial charge in [0.2, 0.25) is 0 Å². The molecule has 0 amide bonds. The summed E-state index contributed by atoms with van der Waals surface area (Å²) in [5, 5.41) is 11.1. The highest BCUT2D eigenvalue weighted by Crippen LogP contribution is 2.39. The van der Waals surface area contributed by atoms with E-state index in [1.54, 1.807) is 11.0 Å². The van der Waals surface area contributed by atoms with Crippen molar-refractivity contribution < 1.29 is 0 Å². The third kappa shape index (κ3) is 4.87. The predicted octanol–water partition coefficient (Wildman–Crippen LogP) is 3.08. The molecule has 1 saturated carbocycles. The Hall–Kier alpha value is -2.37. The molecule has 1 aliphatic carbocycles. The fourth-order valence-electron chi connectivity index (χ4n) is 3.98. The van der Waals surface area contributed by atoms with Gasteiger partial charge in [0.25, 0.3) is 0 Å². The van der Waals surface area contributed by atoms with Gasteiger partial charge in [-0.2, -0.15) is 5.10 Å². The molecule has 0 unspecified atom stereocenters. The molecule has 0 radical (unpaired) electrons. The van der Waals surface area contributed by atoms with Crippen molar-refractivity contribution >= 4 is 5.96 Å². The third-order valence-corrected chi connectivity index (χ3v) is 5.56. The van der Waals surface area contributed by atoms with E-state index in [9.17, 15) is 0 Å². The van der Waals surface area contributed by atoms with Crippen molar-refractivity contribution in [1.82, 2.24) is 25.4 Å². The highest BCUT2D eigenvalue weighted by atomic mass is 15.3. The quantitative estimate of drug-likeness (QED) is 0.607. The van der Waals surface area contributed by atoms with E-state index in [0.717, 1.165) is 24.9 Å². The highest BCUT2D eigenvalue weighted by molar-refractivity contribution is 5.79. The van der Waals surface area contributed by atoms with E-state index in [0.29, 0.717) is 6.54 Å². The summed E-state index contributed by atoms with van der Waals surface area (Å²) in [4.78, 5) is 8.97. The summed E-state index contributed by atoms with van der Waals surface area (Å²) in [6, 6.07) is 9.02. The molecule has 1 heterocycles. The molecule has 0 aliphatic heterocycles. The molecule has 1 aliphatic rings. The average molecular weight is 369 g/mol. The minimum absolute atomic E-state index is 0.186. The minimum Gasteiger partial charge on any atom is -0.357 e. The van der Waals surface area contributed by atoms with Gasteiger partial charge in [0.05, 0.1) is 0 Å². The van der Waals surface area contributed by atoms with Crippen LogP contribution in [0, 0.1) is 6.92 Å². The molecule has 3 rings (SSSR count). The van der Waals surface area contributed by atoms with E-state index in [4.69, 9.17) is 4.99 Å². The largest absolute Gasteiger partial charge is 0.357 e. The molecule has 27 heavy (non-hydrogen) atoms. The lowest BCUT2D eigenvalue weighted by molar-refractivity contribution is 0.291. The Morgan fingerprint density at radius 3 is 2.70 bits per heavy atom. The first-order valence-corrected chi connectivity index (χ1v) is 10.1. The zero-order chi connectivity index (χ0) is 19.1. The minimum atomic E-state index is 0.186. The van der Waals surface area contributed by atoms with Crippen LogP contribution >= 0.6 is 0 Å². The van der Waals surface area contributed by atoms with Crippen LogP contribution in [0.5, 0.6) is 0 Å². The van der Waals surface area contributed by atoms with E-state index >= 15 is 0 Å². The molecule has 0 saturated heterocycles. The van der Waals surface area contributed by atoms with Crippen LogP contribution in [0.4, 0.5) is 0 Å². The number of aryl methyl sites for hydroxylation is 2. The number of nitrogens with zero attached hydrogens (tertiary/aromatic N) is 4. The lowest BCUT2D eigenvalue weighted by Gasteiger charge is -2.38. The van der Waals surface area contributed by atoms with Crippen LogP contribution in [-0.4, -0.2) is 33.8 Å². The molecule has 1 aromatic heterocycles. The van der Waals surface area contributed by atoms with Gasteiger partial charge in [-0.3, -0.25) is 4.68 Å². The zero-order valence-electron chi connectivity index (χ0n) is 16.8. The second-order valence-electron chi connectivity index (χ2n) is 7.56. The van der Waals surface area contributed by atoms with Gasteiger partial charge < -0.3 is 10.6 Å². The molecule has 6 heteroatoms. The van der Waals surface area contributed by atoms with Crippen LogP contribution in [0.25, 0.3) is 0 Å². The summed E-state index contributed by atoms with van der Waals surface area (Å²) in [5.74, 6) is 1.70. The Morgan fingerprint density at radius 2 is 2.04 bits per heavy atom. The maximum atomic E-state index is 4.71. The molecule has 1 fully saturated rings. The standard InChI is InChI=1S/C21H32N6/c1-4-22-20(23-14-19-25-16-26-27(19)3)24-15-21(11-6-5-7-12-21)18-10-8-9-17(2)13-18/h8-10,13,16H,4-7,11-12,14-15H2,1-3H3,(H2,22,23,24). The van der Waals surface area contributed by atoms with Gasteiger partial charge in [-0.05, 0) is 32.3 Å². The Kier molecular flexibility index (Phi) is 6.48. The van der Waals surface area contributed by atoms with Crippen LogP contribution < -0.4 is 10.6 Å². The predicted molar refractivity (Wildman–Crippen MR) is 110 cm³/mol. The molecule has 6 nitrogen and oxygen atoms in total. The molecule has 0 spiro atoms. The number of hydrogen-bond acceptors (Lipinski definition) is 3. The highest BCUT2D eigenvalue weighted by Gasteiger charge is 2.34. The Bertz CT molecular complexity index is 758. The summed E-state index contributed by atoms with van der Waals surface area (Å²) in [6.45, 7) is 6.53. The molecule has 0 bridgehead atoms. The zero-order valence-corrected chi connectivity index (χ0v) is 16.8. The Balaban J connectivity index is 1.75. The topological polar surface area (TPSA) is 67.1 Å². The number of nitrogens with one attached hydrogen (secondary N) is 2. The summed E-state index contributed by atoms with van der Waals surface area (Å²) >= 11 is 0. The number of guanidine groups is 1. The number of aromatic nitrogens is 3. The number of benzene rings is 1. The maximum Gasteiger partial charge on any atom is 0.191 e. The molecular formula is C21H32N6. The van der Waals surface area contributed by atoms with Gasteiger partial charge in [-0.1, -0.05) is 49.1 Å². The molecule has 0 atom stereocenters. The van der Waals surface area contributed by atoms with Gasteiger partial charge in [-0.15, -0.1) is 0 Å². The van der Waals surface area contributed by atoms with E-state index in [2.05, 4.69) is 58.8 Å². The van der Waals surface area contributed by atoms with Crippen LogP contribution in [0.15, 0.2) is 35.6 Å². The number of rotatable bonds is 6. The van der Waals surface area contributed by atoms with Crippen molar-refractivity contribution in [3.8, 4) is 0 Å². The number of aliphatic imine (C=N–C) groups is 1. The lowest BCUT2D eigenvalue weighted by Crippen LogP contribution is -2.46. The Morgan fingerprint density at radius 1 is 1.22 bits per heavy atom. The van der Waals surface area contributed by atoms with Gasteiger partial charge in [0.15, 0.2) is 5.96 Å². The summed E-state index contributed by atoms with van der Waals surface area (Å²) in [6.07, 6.45) is 7.95. The monoisotopic (exact) mass is 368 g/mol. The third-order valence-electron chi connectivity index (χ3n) is 5.56. The van der Waals surface area contributed by atoms with E-state index < -0.39 is 0 Å². The first-order chi connectivity index (χ1) is 13.1. The van der Waals surface area contributed by atoms with Crippen molar-refractivity contribution in [2.45, 2.75) is 57.9 Å². The van der Waals surface area contributed by atoms with Crippen molar-refractivity contribution in [2.75, 3.05) is 13.1 Å². The number of hydrogen-bond donors (Lipinski definition) is 2. The summed E-state index contributed by atoms with van der Waals surface area (Å²) in [7, 11) is 1.90. The SMILES string of the molecule is CCNC(=NCc1ncnn1C)NCC1(c2cccc(C)c2)CCCCC1. The first kappa shape index (κ1) is 19.4. The summed E-state index contributed by atoms with van der Waals surface area (Å²) < 4.78 is 1.77. The fourth-order valence-corrected chi connectivity index (χ4v) is 3.98. The first-order valence-electron chi connectivity index (χ1n) is 10.1. The van der Waals surface area contributed by atoms with Gasteiger partial charge in [-0.25, -0.2) is 9.98 Å². The van der Waals surface area contributed by atoms with Crippen LogP contribution in [-0.2, 0) is 19.0 Å². The average Bonchev–Trinajstić information content (AvgIpc) is 3.09. The van der Waals surface area contributed by atoms with Crippen molar-refractivity contribution in [2.24, 2.45) is 12.0 Å². The molecule has 146 valence electrons. The van der Waals surface area contributed by atoms with Gasteiger partial charge in [0, 0.05) is 25.6 Å². The van der Waals surface area contributed by atoms with Crippen molar-refractivity contribution in [1.29, 1.82) is 0 Å². The van der Waals surface area contributed by atoms with Crippen LogP contribution in [0.3, 0.4) is 0 Å². The normalized spacial score (nSPS) is 16.9. The van der Waals surface area contributed by atoms with Crippen molar-refractivity contribution in [3.05, 3.63) is 47.5 Å². The molecular weight excluding hydrogens is 336 g/mol. The Labute approximate surface area is 162 Å². The smallest absolute Gasteiger partial charge is 0.191 e. The molecule has 1 aromatic carbocycles. The second kappa shape index (κ2) is 9.02. The molecule has 2 aromatic rings. The van der Waals surface area contributed by atoms with E-state index in [-0.39, 0.29) is 5.41 Å². The van der Waals surface area contributed by atoms with E-state index in [1.165, 1.54) is 43.2 Å².